The summed E-state index contributed by atoms with van der Waals surface area (Å²) >= 11 is 1.29. The van der Waals surface area contributed by atoms with Crippen molar-refractivity contribution in [3.05, 3.63) is 24.3 Å². The molecule has 0 saturated heterocycles. The predicted molar refractivity (Wildman–Crippen MR) is 64.8 cm³/mol. The molecule has 6 nitrogen and oxygen atoms in total. The van der Waals surface area contributed by atoms with Crippen LogP contribution in [0.1, 0.15) is 0 Å². The van der Waals surface area contributed by atoms with Crippen molar-refractivity contribution in [1.82, 2.24) is 19.6 Å². The van der Waals surface area contributed by atoms with Crippen molar-refractivity contribution >= 4 is 34.5 Å². The highest BCUT2D eigenvalue weighted by atomic mass is 32.2. The number of primary amides is 1. The van der Waals surface area contributed by atoms with E-state index in [4.69, 9.17) is 5.73 Å². The summed E-state index contributed by atoms with van der Waals surface area (Å²) in [6, 6.07) is 7.75. The molecule has 17 heavy (non-hydrogen) atoms. The van der Waals surface area contributed by atoms with Crippen LogP contribution in [0, 0.1) is 0 Å². The van der Waals surface area contributed by atoms with E-state index in [1.165, 1.54) is 11.8 Å². The number of aromatic nitrogens is 4. The Morgan fingerprint density at radius 1 is 1.47 bits per heavy atom. The molecule has 1 aromatic carbocycles. The molecule has 2 heterocycles. The summed E-state index contributed by atoms with van der Waals surface area (Å²) < 4.78 is 1.88. The fourth-order valence-electron chi connectivity index (χ4n) is 1.67. The van der Waals surface area contributed by atoms with Gasteiger partial charge in [-0.05, 0) is 12.1 Å². The molecule has 0 aliphatic rings. The van der Waals surface area contributed by atoms with Crippen LogP contribution in [-0.2, 0) is 4.79 Å². The van der Waals surface area contributed by atoms with Crippen LogP contribution in [0.15, 0.2) is 29.4 Å². The van der Waals surface area contributed by atoms with Crippen molar-refractivity contribution < 1.29 is 4.79 Å². The highest BCUT2D eigenvalue weighted by molar-refractivity contribution is 7.99. The highest BCUT2D eigenvalue weighted by Gasteiger charge is 2.12. The largest absolute Gasteiger partial charge is 0.369 e. The van der Waals surface area contributed by atoms with Gasteiger partial charge in [-0.1, -0.05) is 23.9 Å². The SMILES string of the molecule is NC(=O)CSc1n[nH]c2nc3ccccc3n12. The quantitative estimate of drug-likeness (QED) is 0.669. The lowest BCUT2D eigenvalue weighted by Crippen LogP contribution is -2.13. The van der Waals surface area contributed by atoms with Crippen LogP contribution in [0.5, 0.6) is 0 Å². The van der Waals surface area contributed by atoms with E-state index in [-0.39, 0.29) is 11.7 Å². The average Bonchev–Trinajstić information content (AvgIpc) is 2.84. The number of thioether (sulfide) groups is 1. The minimum atomic E-state index is -0.365. The molecule has 0 saturated carbocycles. The maximum absolute atomic E-state index is 10.8. The first-order chi connectivity index (χ1) is 8.25. The van der Waals surface area contributed by atoms with Gasteiger partial charge in [-0.25, -0.2) is 10.1 Å². The lowest BCUT2D eigenvalue weighted by Gasteiger charge is -1.95. The molecule has 0 aliphatic heterocycles. The van der Waals surface area contributed by atoms with Gasteiger partial charge in [-0.3, -0.25) is 9.20 Å². The molecule has 86 valence electrons. The number of imidazole rings is 1. The lowest BCUT2D eigenvalue weighted by atomic mass is 10.3. The molecule has 0 fully saturated rings. The first kappa shape index (κ1) is 10.2. The van der Waals surface area contributed by atoms with Gasteiger partial charge < -0.3 is 5.73 Å². The number of hydrogen-bond acceptors (Lipinski definition) is 4. The topological polar surface area (TPSA) is 89.1 Å². The van der Waals surface area contributed by atoms with Crippen molar-refractivity contribution in [3.63, 3.8) is 0 Å². The van der Waals surface area contributed by atoms with Gasteiger partial charge in [0.25, 0.3) is 0 Å². The molecule has 1 amide bonds. The van der Waals surface area contributed by atoms with Gasteiger partial charge in [0.15, 0.2) is 5.16 Å². The second kappa shape index (κ2) is 3.77. The zero-order chi connectivity index (χ0) is 11.8. The Morgan fingerprint density at radius 2 is 2.29 bits per heavy atom. The van der Waals surface area contributed by atoms with E-state index in [1.54, 1.807) is 0 Å². The summed E-state index contributed by atoms with van der Waals surface area (Å²) in [5.41, 5.74) is 6.97. The van der Waals surface area contributed by atoms with Crippen LogP contribution in [0.25, 0.3) is 16.8 Å². The molecule has 0 radical (unpaired) electrons. The maximum Gasteiger partial charge on any atom is 0.231 e. The van der Waals surface area contributed by atoms with Gasteiger partial charge in [0.2, 0.25) is 11.7 Å². The van der Waals surface area contributed by atoms with E-state index in [9.17, 15) is 4.79 Å². The average molecular weight is 247 g/mol. The molecule has 0 unspecified atom stereocenters. The summed E-state index contributed by atoms with van der Waals surface area (Å²) in [5.74, 6) is 0.501. The van der Waals surface area contributed by atoms with E-state index in [0.717, 1.165) is 11.0 Å². The molecule has 7 heteroatoms. The highest BCUT2D eigenvalue weighted by Crippen LogP contribution is 2.22. The van der Waals surface area contributed by atoms with E-state index in [2.05, 4.69) is 15.2 Å². The van der Waals surface area contributed by atoms with E-state index in [0.29, 0.717) is 10.9 Å². The summed E-state index contributed by atoms with van der Waals surface area (Å²) in [6.45, 7) is 0. The Bertz CT molecular complexity index is 701. The first-order valence-electron chi connectivity index (χ1n) is 4.98. The van der Waals surface area contributed by atoms with Crippen LogP contribution in [0.4, 0.5) is 0 Å². The normalized spacial score (nSPS) is 11.3. The Balaban J connectivity index is 2.15. The molecule has 0 atom stereocenters. The number of carbonyl (C=O) groups is 1. The third kappa shape index (κ3) is 1.64. The van der Waals surface area contributed by atoms with Crippen LogP contribution < -0.4 is 5.73 Å². The molecule has 0 aliphatic carbocycles. The fourth-order valence-corrected chi connectivity index (χ4v) is 2.37. The van der Waals surface area contributed by atoms with Crippen LogP contribution in [-0.4, -0.2) is 31.2 Å². The maximum atomic E-state index is 10.8. The Hall–Kier alpha value is -2.02. The van der Waals surface area contributed by atoms with Gasteiger partial charge in [-0.2, -0.15) is 0 Å². The van der Waals surface area contributed by atoms with Gasteiger partial charge in [0.05, 0.1) is 16.8 Å². The molecular formula is C10H9N5OS. The minimum absolute atomic E-state index is 0.201. The van der Waals surface area contributed by atoms with Crippen molar-refractivity contribution in [3.8, 4) is 0 Å². The third-order valence-corrected chi connectivity index (χ3v) is 3.31. The predicted octanol–water partition coefficient (Wildman–Crippen LogP) is 0.788. The number of hydrogen-bond donors (Lipinski definition) is 2. The number of carbonyl (C=O) groups excluding carboxylic acids is 1. The van der Waals surface area contributed by atoms with Gasteiger partial charge >= 0.3 is 0 Å². The van der Waals surface area contributed by atoms with Gasteiger partial charge in [-0.15, -0.1) is 5.10 Å². The van der Waals surface area contributed by atoms with E-state index < -0.39 is 0 Å². The number of aromatic amines is 1. The standard InChI is InChI=1S/C10H9N5OS/c11-8(16)5-17-10-14-13-9-12-6-3-1-2-4-7(6)15(9)10/h1-4H,5H2,(H2,11,16)(H,12,13). The number of para-hydroxylation sites is 2. The van der Waals surface area contributed by atoms with Crippen LogP contribution in [0.3, 0.4) is 0 Å². The number of rotatable bonds is 3. The molecule has 0 spiro atoms. The van der Waals surface area contributed by atoms with Gasteiger partial charge in [0.1, 0.15) is 0 Å². The zero-order valence-electron chi connectivity index (χ0n) is 8.75. The van der Waals surface area contributed by atoms with Crippen molar-refractivity contribution in [2.75, 3.05) is 5.75 Å². The second-order valence-corrected chi connectivity index (χ2v) is 4.46. The minimum Gasteiger partial charge on any atom is -0.369 e. The summed E-state index contributed by atoms with van der Waals surface area (Å²) in [7, 11) is 0. The number of amides is 1. The lowest BCUT2D eigenvalue weighted by molar-refractivity contribution is -0.115. The fraction of sp³-hybridized carbons (Fsp3) is 0.100. The van der Waals surface area contributed by atoms with E-state index in [1.807, 2.05) is 28.7 Å². The number of nitrogens with two attached hydrogens (primary N) is 1. The molecule has 2 aromatic heterocycles. The third-order valence-electron chi connectivity index (χ3n) is 2.35. The number of nitrogens with zero attached hydrogens (tertiary/aromatic N) is 3. The Morgan fingerprint density at radius 3 is 3.12 bits per heavy atom. The van der Waals surface area contributed by atoms with Crippen LogP contribution in [0.2, 0.25) is 0 Å². The van der Waals surface area contributed by atoms with Crippen molar-refractivity contribution in [2.45, 2.75) is 5.16 Å². The molecule has 3 N–H and O–H groups in total. The Labute approximate surface area is 100 Å². The van der Waals surface area contributed by atoms with Gasteiger partial charge in [0, 0.05) is 0 Å². The zero-order valence-corrected chi connectivity index (χ0v) is 9.57. The number of benzene rings is 1. The van der Waals surface area contributed by atoms with Crippen LogP contribution >= 0.6 is 11.8 Å². The number of H-pyrrole nitrogens is 1. The molecule has 3 aromatic rings. The molecule has 3 rings (SSSR count). The first-order valence-corrected chi connectivity index (χ1v) is 5.97. The second-order valence-electron chi connectivity index (χ2n) is 3.52. The molecule has 0 bridgehead atoms. The smallest absolute Gasteiger partial charge is 0.231 e. The Kier molecular flexibility index (Phi) is 2.25. The van der Waals surface area contributed by atoms with Crippen molar-refractivity contribution in [1.29, 1.82) is 0 Å². The van der Waals surface area contributed by atoms with E-state index >= 15 is 0 Å². The number of nitrogens with one attached hydrogen (secondary N) is 1. The van der Waals surface area contributed by atoms with Crippen molar-refractivity contribution in [2.24, 2.45) is 5.73 Å². The summed E-state index contributed by atoms with van der Waals surface area (Å²) in [6.07, 6.45) is 0. The molecular weight excluding hydrogens is 238 g/mol. The summed E-state index contributed by atoms with van der Waals surface area (Å²) in [4.78, 5) is 15.1. The summed E-state index contributed by atoms with van der Waals surface area (Å²) in [5, 5.41) is 7.63. The number of fused-ring (bicyclic) bond motifs is 3. The monoisotopic (exact) mass is 247 g/mol.